The maximum atomic E-state index is 10.5. The maximum absolute atomic E-state index is 10.5. The molecule has 0 saturated carbocycles. The van der Waals surface area contributed by atoms with Crippen LogP contribution < -0.4 is 5.73 Å². The molecule has 4 rings (SSSR count). The van der Waals surface area contributed by atoms with Crippen molar-refractivity contribution in [3.8, 4) is 5.75 Å². The van der Waals surface area contributed by atoms with E-state index in [-0.39, 0.29) is 24.3 Å². The molecule has 0 amide bonds. The number of nitrogen functional groups attached to an aromatic ring is 1. The summed E-state index contributed by atoms with van der Waals surface area (Å²) in [6.07, 6.45) is -1.50. The number of fused-ring (bicyclic) bond motifs is 1. The Balaban J connectivity index is 1.47. The zero-order chi connectivity index (χ0) is 19.8. The molecule has 28 heavy (non-hydrogen) atoms. The van der Waals surface area contributed by atoms with Gasteiger partial charge in [0.2, 0.25) is 0 Å². The van der Waals surface area contributed by atoms with Gasteiger partial charge in [-0.15, -0.1) is 0 Å². The average Bonchev–Trinajstić information content (AvgIpc) is 3.23. The van der Waals surface area contributed by atoms with E-state index >= 15 is 0 Å². The minimum absolute atomic E-state index is 0.0700. The second kappa shape index (κ2) is 7.32. The zero-order valence-electron chi connectivity index (χ0n) is 15.1. The summed E-state index contributed by atoms with van der Waals surface area (Å²) in [7, 11) is 0. The van der Waals surface area contributed by atoms with Crippen molar-refractivity contribution in [1.82, 2.24) is 19.5 Å². The molecule has 10 nitrogen and oxygen atoms in total. The van der Waals surface area contributed by atoms with Gasteiger partial charge >= 0.3 is 0 Å². The zero-order valence-corrected chi connectivity index (χ0v) is 15.1. The molecule has 1 saturated heterocycles. The van der Waals surface area contributed by atoms with Gasteiger partial charge in [-0.3, -0.25) is 4.57 Å². The summed E-state index contributed by atoms with van der Waals surface area (Å²) in [4.78, 5) is 12.2. The van der Waals surface area contributed by atoms with Crippen molar-refractivity contribution in [2.24, 2.45) is 0 Å². The predicted octanol–water partition coefficient (Wildman–Crippen LogP) is 0.511. The number of hydrogen-bond donors (Lipinski definition) is 4. The predicted molar refractivity (Wildman–Crippen MR) is 98.1 cm³/mol. The van der Waals surface area contributed by atoms with E-state index in [1.54, 1.807) is 24.3 Å². The third-order valence-electron chi connectivity index (χ3n) is 4.87. The second-order valence-corrected chi connectivity index (χ2v) is 6.70. The van der Waals surface area contributed by atoms with Gasteiger partial charge in [0.1, 0.15) is 35.9 Å². The van der Waals surface area contributed by atoms with Gasteiger partial charge in [0.05, 0.1) is 19.0 Å². The van der Waals surface area contributed by atoms with Crippen LogP contribution in [0.25, 0.3) is 11.2 Å². The Morgan fingerprint density at radius 3 is 2.68 bits per heavy atom. The first-order valence-electron chi connectivity index (χ1n) is 8.81. The van der Waals surface area contributed by atoms with Gasteiger partial charge in [-0.05, 0) is 24.6 Å². The number of aliphatic hydroxyl groups excluding tert-OH is 2. The monoisotopic (exact) mass is 387 g/mol. The standard InChI is InChI=1S/C18H21N5O5/c1-9(10-2-4-11(24)5-3-10)27-6-12-14(25)15(26)18(28-12)23-8-22-13-16(19)20-7-21-17(13)23/h2-5,7-9,12,14-15,18,24-26H,6H2,1H3,(H2,19,20,21)/t9?,12-,14-,15-,18-/m1/s1. The van der Waals surface area contributed by atoms with Crippen molar-refractivity contribution in [3.05, 3.63) is 42.5 Å². The van der Waals surface area contributed by atoms with Crippen LogP contribution in [0.1, 0.15) is 24.8 Å². The molecule has 148 valence electrons. The Bertz CT molecular complexity index is 963. The topological polar surface area (TPSA) is 149 Å². The lowest BCUT2D eigenvalue weighted by Crippen LogP contribution is -2.34. The molecule has 1 fully saturated rings. The first-order chi connectivity index (χ1) is 13.5. The number of aromatic hydroxyl groups is 1. The lowest BCUT2D eigenvalue weighted by molar-refractivity contribution is -0.0788. The minimum Gasteiger partial charge on any atom is -0.508 e. The van der Waals surface area contributed by atoms with Gasteiger partial charge in [-0.25, -0.2) is 15.0 Å². The largest absolute Gasteiger partial charge is 0.508 e. The van der Waals surface area contributed by atoms with Gasteiger partial charge in [-0.2, -0.15) is 0 Å². The van der Waals surface area contributed by atoms with Gasteiger partial charge in [0.15, 0.2) is 17.7 Å². The van der Waals surface area contributed by atoms with Gasteiger partial charge in [0, 0.05) is 0 Å². The number of benzene rings is 1. The van der Waals surface area contributed by atoms with E-state index in [4.69, 9.17) is 15.2 Å². The molecule has 1 aromatic carbocycles. The van der Waals surface area contributed by atoms with Crippen LogP contribution in [-0.4, -0.2) is 59.8 Å². The lowest BCUT2D eigenvalue weighted by atomic mass is 10.1. The number of ether oxygens (including phenoxy) is 2. The molecule has 3 heterocycles. The van der Waals surface area contributed by atoms with Gasteiger partial charge < -0.3 is 30.5 Å². The summed E-state index contributed by atoms with van der Waals surface area (Å²) in [5.41, 5.74) is 7.46. The molecule has 1 aliphatic heterocycles. The van der Waals surface area contributed by atoms with Crippen LogP contribution in [0, 0.1) is 0 Å². The lowest BCUT2D eigenvalue weighted by Gasteiger charge is -2.19. The fourth-order valence-corrected chi connectivity index (χ4v) is 3.23. The number of nitrogens with zero attached hydrogens (tertiary/aromatic N) is 4. The number of phenolic OH excluding ortho intramolecular Hbond substituents is 1. The van der Waals surface area contributed by atoms with Crippen LogP contribution in [-0.2, 0) is 9.47 Å². The Morgan fingerprint density at radius 2 is 1.93 bits per heavy atom. The number of hydrogen-bond acceptors (Lipinski definition) is 9. The fraction of sp³-hybridized carbons (Fsp3) is 0.389. The van der Waals surface area contributed by atoms with Crippen LogP contribution in [0.3, 0.4) is 0 Å². The maximum Gasteiger partial charge on any atom is 0.167 e. The Kier molecular flexibility index (Phi) is 4.85. The van der Waals surface area contributed by atoms with Crippen molar-refractivity contribution < 1.29 is 24.8 Å². The van der Waals surface area contributed by atoms with Crippen molar-refractivity contribution in [1.29, 1.82) is 0 Å². The fourth-order valence-electron chi connectivity index (χ4n) is 3.23. The van der Waals surface area contributed by atoms with E-state index in [2.05, 4.69) is 15.0 Å². The SMILES string of the molecule is CC(OC[C@H]1O[C@@H](n2cnc3c(N)ncnc32)[C@H](O)[C@@H]1O)c1ccc(O)cc1. The van der Waals surface area contributed by atoms with Gasteiger partial charge in [0.25, 0.3) is 0 Å². The highest BCUT2D eigenvalue weighted by atomic mass is 16.6. The molecule has 1 unspecified atom stereocenters. The second-order valence-electron chi connectivity index (χ2n) is 6.70. The van der Waals surface area contributed by atoms with E-state index in [0.29, 0.717) is 11.2 Å². The quantitative estimate of drug-likeness (QED) is 0.491. The molecule has 5 N–H and O–H groups in total. The van der Waals surface area contributed by atoms with Crippen molar-refractivity contribution in [2.45, 2.75) is 37.6 Å². The van der Waals surface area contributed by atoms with Crippen LogP contribution in [0.5, 0.6) is 5.75 Å². The summed E-state index contributed by atoms with van der Waals surface area (Å²) >= 11 is 0. The molecule has 1 aliphatic rings. The molecule has 3 aromatic rings. The van der Waals surface area contributed by atoms with Gasteiger partial charge in [-0.1, -0.05) is 12.1 Å². The third kappa shape index (κ3) is 3.27. The van der Waals surface area contributed by atoms with Crippen LogP contribution >= 0.6 is 0 Å². The van der Waals surface area contributed by atoms with Crippen molar-refractivity contribution in [3.63, 3.8) is 0 Å². The molecular formula is C18H21N5O5. The number of anilines is 1. The molecule has 0 aliphatic carbocycles. The Labute approximate surface area is 160 Å². The van der Waals surface area contributed by atoms with E-state index in [9.17, 15) is 15.3 Å². The molecule has 0 spiro atoms. The molecule has 5 atom stereocenters. The molecule has 2 aromatic heterocycles. The number of phenols is 1. The Hall–Kier alpha value is -2.79. The summed E-state index contributed by atoms with van der Waals surface area (Å²) in [5, 5.41) is 30.2. The Morgan fingerprint density at radius 1 is 1.18 bits per heavy atom. The normalized spacial score (nSPS) is 26.0. The van der Waals surface area contributed by atoms with E-state index in [1.807, 2.05) is 6.92 Å². The highest BCUT2D eigenvalue weighted by molar-refractivity contribution is 5.81. The molecular weight excluding hydrogens is 366 g/mol. The van der Waals surface area contributed by atoms with Crippen LogP contribution in [0.2, 0.25) is 0 Å². The number of aromatic nitrogens is 4. The minimum atomic E-state index is -1.19. The van der Waals surface area contributed by atoms with Crippen molar-refractivity contribution >= 4 is 17.0 Å². The molecule has 0 bridgehead atoms. The number of aliphatic hydroxyl groups is 2. The molecule has 0 radical (unpaired) electrons. The number of nitrogens with two attached hydrogens (primary N) is 1. The smallest absolute Gasteiger partial charge is 0.167 e. The summed E-state index contributed by atoms with van der Waals surface area (Å²) in [5.74, 6) is 0.396. The summed E-state index contributed by atoms with van der Waals surface area (Å²) < 4.78 is 13.2. The highest BCUT2D eigenvalue weighted by Crippen LogP contribution is 2.33. The van der Waals surface area contributed by atoms with Crippen LogP contribution in [0.4, 0.5) is 5.82 Å². The summed E-state index contributed by atoms with van der Waals surface area (Å²) in [6.45, 7) is 1.92. The number of rotatable bonds is 5. The summed E-state index contributed by atoms with van der Waals surface area (Å²) in [6, 6.07) is 6.66. The van der Waals surface area contributed by atoms with Crippen LogP contribution in [0.15, 0.2) is 36.9 Å². The first-order valence-corrected chi connectivity index (χ1v) is 8.81. The highest BCUT2D eigenvalue weighted by Gasteiger charge is 2.44. The molecule has 10 heteroatoms. The van der Waals surface area contributed by atoms with Crippen molar-refractivity contribution in [2.75, 3.05) is 12.3 Å². The first kappa shape index (κ1) is 18.6. The average molecular weight is 387 g/mol. The number of imidazole rings is 1. The van der Waals surface area contributed by atoms with E-state index in [1.165, 1.54) is 17.2 Å². The van der Waals surface area contributed by atoms with E-state index in [0.717, 1.165) is 5.56 Å². The third-order valence-corrected chi connectivity index (χ3v) is 4.87. The van der Waals surface area contributed by atoms with E-state index < -0.39 is 24.5 Å².